The van der Waals surface area contributed by atoms with Crippen molar-refractivity contribution in [3.8, 4) is 0 Å². The molecule has 1 fully saturated rings. The van der Waals surface area contributed by atoms with Crippen molar-refractivity contribution < 1.29 is 9.90 Å². The van der Waals surface area contributed by atoms with Crippen molar-refractivity contribution in [1.82, 2.24) is 9.55 Å². The molecule has 1 N–H and O–H groups in total. The summed E-state index contributed by atoms with van der Waals surface area (Å²) in [5.41, 5.74) is 0.966. The quantitative estimate of drug-likeness (QED) is 0.843. The largest absolute Gasteiger partial charge is 0.481 e. The molecule has 1 saturated heterocycles. The van der Waals surface area contributed by atoms with E-state index in [-0.39, 0.29) is 5.75 Å². The van der Waals surface area contributed by atoms with Crippen molar-refractivity contribution in [2.24, 2.45) is 5.92 Å². The van der Waals surface area contributed by atoms with Crippen LogP contribution in [0.15, 0.2) is 11.4 Å². The lowest BCUT2D eigenvalue weighted by Crippen LogP contribution is -2.16. The van der Waals surface area contributed by atoms with Crippen LogP contribution in [0.2, 0.25) is 0 Å². The maximum atomic E-state index is 10.6. The second-order valence-corrected chi connectivity index (χ2v) is 6.72. The number of aryl methyl sites for hydroxylation is 1. The standard InChI is InChI=1S/C12H18N2O2S2/c1-9-6-14(7-10-2-4-17-5-3-10)12(13-9)18-8-11(15)16/h6,10H,2-5,7-8H2,1H3,(H,15,16). The Hall–Kier alpha value is -0.620. The van der Waals surface area contributed by atoms with E-state index in [1.54, 1.807) is 0 Å². The molecule has 2 rings (SSSR count). The van der Waals surface area contributed by atoms with Crippen LogP contribution in [0.5, 0.6) is 0 Å². The second-order valence-electron chi connectivity index (χ2n) is 4.56. The first-order chi connectivity index (χ1) is 8.65. The number of imidazole rings is 1. The van der Waals surface area contributed by atoms with E-state index in [1.165, 1.54) is 36.1 Å². The Labute approximate surface area is 116 Å². The van der Waals surface area contributed by atoms with Crippen LogP contribution in [0.4, 0.5) is 0 Å². The molecule has 1 aromatic rings. The summed E-state index contributed by atoms with van der Waals surface area (Å²) in [5, 5.41) is 9.57. The Morgan fingerprint density at radius 3 is 3.00 bits per heavy atom. The number of hydrogen-bond donors (Lipinski definition) is 1. The molecule has 0 bridgehead atoms. The van der Waals surface area contributed by atoms with Crippen molar-refractivity contribution in [3.63, 3.8) is 0 Å². The molecule has 0 unspecified atom stereocenters. The molecule has 0 spiro atoms. The first-order valence-electron chi connectivity index (χ1n) is 6.11. The molecule has 1 aromatic heterocycles. The number of carboxylic acids is 1. The van der Waals surface area contributed by atoms with Crippen LogP contribution in [-0.2, 0) is 11.3 Å². The van der Waals surface area contributed by atoms with Crippen molar-refractivity contribution in [3.05, 3.63) is 11.9 Å². The highest BCUT2D eigenvalue weighted by Crippen LogP contribution is 2.26. The van der Waals surface area contributed by atoms with E-state index in [2.05, 4.69) is 9.55 Å². The van der Waals surface area contributed by atoms with Gasteiger partial charge in [-0.25, -0.2) is 4.98 Å². The molecular weight excluding hydrogens is 268 g/mol. The molecule has 0 radical (unpaired) electrons. The summed E-state index contributed by atoms with van der Waals surface area (Å²) in [4.78, 5) is 15.0. The average Bonchev–Trinajstić information content (AvgIpc) is 2.68. The summed E-state index contributed by atoms with van der Waals surface area (Å²) >= 11 is 3.34. The van der Waals surface area contributed by atoms with Gasteiger partial charge in [0.05, 0.1) is 11.4 Å². The molecule has 1 aliphatic heterocycles. The Morgan fingerprint density at radius 2 is 2.33 bits per heavy atom. The molecule has 0 saturated carbocycles. The van der Waals surface area contributed by atoms with E-state index in [0.717, 1.165) is 17.4 Å². The van der Waals surface area contributed by atoms with E-state index in [1.807, 2.05) is 24.9 Å². The Balaban J connectivity index is 1.99. The molecule has 0 aliphatic carbocycles. The molecule has 6 heteroatoms. The first kappa shape index (κ1) is 13.8. The minimum absolute atomic E-state index is 0.0803. The average molecular weight is 286 g/mol. The molecular formula is C12H18N2O2S2. The number of nitrogens with zero attached hydrogens (tertiary/aromatic N) is 2. The zero-order chi connectivity index (χ0) is 13.0. The van der Waals surface area contributed by atoms with Gasteiger partial charge in [0, 0.05) is 12.7 Å². The molecule has 0 amide bonds. The van der Waals surface area contributed by atoms with Crippen LogP contribution >= 0.6 is 23.5 Å². The second kappa shape index (κ2) is 6.52. The molecule has 4 nitrogen and oxygen atoms in total. The lowest BCUT2D eigenvalue weighted by atomic mass is 10.0. The van der Waals surface area contributed by atoms with Crippen LogP contribution in [0, 0.1) is 12.8 Å². The van der Waals surface area contributed by atoms with Gasteiger partial charge in [-0.05, 0) is 37.2 Å². The Kier molecular flexibility index (Phi) is 5.00. The summed E-state index contributed by atoms with van der Waals surface area (Å²) < 4.78 is 2.13. The van der Waals surface area contributed by atoms with Gasteiger partial charge in [0.15, 0.2) is 5.16 Å². The Morgan fingerprint density at radius 1 is 1.61 bits per heavy atom. The lowest BCUT2D eigenvalue weighted by molar-refractivity contribution is -0.133. The van der Waals surface area contributed by atoms with Crippen molar-refractivity contribution >= 4 is 29.5 Å². The highest BCUT2D eigenvalue weighted by Gasteiger charge is 2.17. The van der Waals surface area contributed by atoms with Gasteiger partial charge in [0.2, 0.25) is 0 Å². The number of carboxylic acid groups (broad SMARTS) is 1. The monoisotopic (exact) mass is 286 g/mol. The third-order valence-corrected chi connectivity index (χ3v) is 5.00. The fourth-order valence-corrected chi connectivity index (χ4v) is 4.06. The van der Waals surface area contributed by atoms with E-state index < -0.39 is 5.97 Å². The maximum Gasteiger partial charge on any atom is 0.313 e. The summed E-state index contributed by atoms with van der Waals surface area (Å²) in [7, 11) is 0. The predicted molar refractivity (Wildman–Crippen MR) is 75.4 cm³/mol. The van der Waals surface area contributed by atoms with Crippen molar-refractivity contribution in [2.45, 2.75) is 31.5 Å². The van der Waals surface area contributed by atoms with E-state index in [4.69, 9.17) is 5.11 Å². The van der Waals surface area contributed by atoms with Crippen molar-refractivity contribution in [2.75, 3.05) is 17.3 Å². The third-order valence-electron chi connectivity index (χ3n) is 2.98. The van der Waals surface area contributed by atoms with Gasteiger partial charge < -0.3 is 9.67 Å². The number of carbonyl (C=O) groups is 1. The molecule has 0 atom stereocenters. The highest BCUT2D eigenvalue weighted by atomic mass is 32.2. The maximum absolute atomic E-state index is 10.6. The molecule has 18 heavy (non-hydrogen) atoms. The Bertz CT molecular complexity index is 414. The summed E-state index contributed by atoms with van der Waals surface area (Å²) in [5.74, 6) is 2.49. The van der Waals surface area contributed by atoms with Gasteiger partial charge in [-0.3, -0.25) is 4.79 Å². The van der Waals surface area contributed by atoms with Crippen LogP contribution in [0.3, 0.4) is 0 Å². The zero-order valence-corrected chi connectivity index (χ0v) is 12.1. The van der Waals surface area contributed by atoms with Gasteiger partial charge in [-0.15, -0.1) is 0 Å². The topological polar surface area (TPSA) is 55.1 Å². The number of rotatable bonds is 5. The predicted octanol–water partition coefficient (Wildman–Crippen LogP) is 2.51. The number of thioether (sulfide) groups is 2. The molecule has 0 aromatic carbocycles. The first-order valence-corrected chi connectivity index (χ1v) is 8.25. The summed E-state index contributed by atoms with van der Waals surface area (Å²) in [6.07, 6.45) is 4.54. The third kappa shape index (κ3) is 3.95. The fraction of sp³-hybridized carbons (Fsp3) is 0.667. The minimum Gasteiger partial charge on any atom is -0.481 e. The summed E-state index contributed by atoms with van der Waals surface area (Å²) in [6, 6.07) is 0. The van der Waals surface area contributed by atoms with E-state index in [0.29, 0.717) is 5.92 Å². The minimum atomic E-state index is -0.790. The van der Waals surface area contributed by atoms with E-state index in [9.17, 15) is 4.79 Å². The fourth-order valence-electron chi connectivity index (χ4n) is 2.10. The summed E-state index contributed by atoms with van der Waals surface area (Å²) in [6.45, 7) is 2.93. The van der Waals surface area contributed by atoms with Crippen LogP contribution < -0.4 is 0 Å². The van der Waals surface area contributed by atoms with Crippen LogP contribution in [-0.4, -0.2) is 37.9 Å². The van der Waals surface area contributed by atoms with Gasteiger partial charge in [0.1, 0.15) is 0 Å². The molecule has 2 heterocycles. The SMILES string of the molecule is Cc1cn(CC2CCSCC2)c(SCC(=O)O)n1. The van der Waals surface area contributed by atoms with Crippen LogP contribution in [0.1, 0.15) is 18.5 Å². The molecule has 1 aliphatic rings. The number of hydrogen-bond acceptors (Lipinski definition) is 4. The zero-order valence-electron chi connectivity index (χ0n) is 10.5. The van der Waals surface area contributed by atoms with Gasteiger partial charge in [0.25, 0.3) is 0 Å². The van der Waals surface area contributed by atoms with Gasteiger partial charge >= 0.3 is 5.97 Å². The number of aliphatic carboxylic acids is 1. The lowest BCUT2D eigenvalue weighted by Gasteiger charge is -2.22. The van der Waals surface area contributed by atoms with Gasteiger partial charge in [-0.2, -0.15) is 11.8 Å². The normalized spacial score (nSPS) is 16.9. The van der Waals surface area contributed by atoms with E-state index >= 15 is 0 Å². The van der Waals surface area contributed by atoms with Crippen LogP contribution in [0.25, 0.3) is 0 Å². The van der Waals surface area contributed by atoms with Crippen molar-refractivity contribution in [1.29, 1.82) is 0 Å². The molecule has 100 valence electrons. The number of aromatic nitrogens is 2. The van der Waals surface area contributed by atoms with Gasteiger partial charge in [-0.1, -0.05) is 11.8 Å². The smallest absolute Gasteiger partial charge is 0.313 e. The highest BCUT2D eigenvalue weighted by molar-refractivity contribution is 7.99.